The van der Waals surface area contributed by atoms with E-state index >= 15 is 0 Å². The zero-order valence-corrected chi connectivity index (χ0v) is 12.5. The Labute approximate surface area is 128 Å². The highest BCUT2D eigenvalue weighted by Gasteiger charge is 2.09. The number of benzene rings is 2. The molecule has 0 unspecified atom stereocenters. The van der Waals surface area contributed by atoms with E-state index in [9.17, 15) is 9.18 Å². The molecule has 1 aromatic heterocycles. The fourth-order valence-electron chi connectivity index (χ4n) is 2.31. The minimum absolute atomic E-state index is 0.0177. The number of rotatable bonds is 3. The third-order valence-electron chi connectivity index (χ3n) is 3.55. The molecule has 0 aliphatic heterocycles. The molecule has 3 rings (SSSR count). The Kier molecular flexibility index (Phi) is 3.67. The van der Waals surface area contributed by atoms with Crippen LogP contribution in [0.1, 0.15) is 13.8 Å². The fourth-order valence-corrected chi connectivity index (χ4v) is 2.31. The van der Waals surface area contributed by atoms with E-state index < -0.39 is 0 Å². The number of anilines is 1. The van der Waals surface area contributed by atoms with Crippen molar-refractivity contribution in [2.75, 3.05) is 5.32 Å². The molecule has 0 fully saturated rings. The second-order valence-electron chi connectivity index (χ2n) is 5.64. The molecule has 0 aliphatic carbocycles. The number of hydrogen-bond donors (Lipinski definition) is 2. The lowest BCUT2D eigenvalue weighted by atomic mass is 10.1. The summed E-state index contributed by atoms with van der Waals surface area (Å²) in [6.45, 7) is 3.71. The molecule has 2 N–H and O–H groups in total. The topological polar surface area (TPSA) is 44.9 Å². The zero-order valence-electron chi connectivity index (χ0n) is 12.5. The van der Waals surface area contributed by atoms with Gasteiger partial charge in [0.2, 0.25) is 5.91 Å². The van der Waals surface area contributed by atoms with Gasteiger partial charge in [0.1, 0.15) is 5.82 Å². The first-order valence-corrected chi connectivity index (χ1v) is 7.22. The van der Waals surface area contributed by atoms with E-state index in [4.69, 9.17) is 0 Å². The molecule has 0 saturated heterocycles. The fraction of sp³-hybridized carbons (Fsp3) is 0.167. The summed E-state index contributed by atoms with van der Waals surface area (Å²) in [7, 11) is 0. The summed E-state index contributed by atoms with van der Waals surface area (Å²) in [6.07, 6.45) is 0. The van der Waals surface area contributed by atoms with Crippen molar-refractivity contribution in [3.8, 4) is 11.3 Å². The monoisotopic (exact) mass is 296 g/mol. The third-order valence-corrected chi connectivity index (χ3v) is 3.55. The molecule has 1 heterocycles. The summed E-state index contributed by atoms with van der Waals surface area (Å²) in [5.41, 5.74) is 3.47. The Hall–Kier alpha value is -2.62. The third kappa shape index (κ3) is 2.86. The first-order chi connectivity index (χ1) is 10.5. The number of carbonyl (C=O) groups excluding carboxylic acids is 1. The first kappa shape index (κ1) is 14.3. The molecule has 22 heavy (non-hydrogen) atoms. The van der Waals surface area contributed by atoms with Gasteiger partial charge in [-0.1, -0.05) is 26.0 Å². The van der Waals surface area contributed by atoms with Gasteiger partial charge in [0.25, 0.3) is 0 Å². The van der Waals surface area contributed by atoms with Crippen molar-refractivity contribution in [3.05, 3.63) is 54.3 Å². The molecule has 2 aromatic carbocycles. The lowest BCUT2D eigenvalue weighted by molar-refractivity contribution is -0.118. The smallest absolute Gasteiger partial charge is 0.226 e. The maximum Gasteiger partial charge on any atom is 0.226 e. The van der Waals surface area contributed by atoms with Gasteiger partial charge in [0, 0.05) is 33.8 Å². The Bertz CT molecular complexity index is 836. The van der Waals surface area contributed by atoms with Crippen LogP contribution in [0.5, 0.6) is 0 Å². The van der Waals surface area contributed by atoms with Crippen LogP contribution in [0.3, 0.4) is 0 Å². The van der Waals surface area contributed by atoms with E-state index in [0.29, 0.717) is 0 Å². The van der Waals surface area contributed by atoms with Gasteiger partial charge in [0.05, 0.1) is 0 Å². The second-order valence-corrected chi connectivity index (χ2v) is 5.64. The zero-order chi connectivity index (χ0) is 15.7. The average Bonchev–Trinajstić information content (AvgIpc) is 2.90. The van der Waals surface area contributed by atoms with Crippen molar-refractivity contribution in [2.24, 2.45) is 5.92 Å². The van der Waals surface area contributed by atoms with Gasteiger partial charge < -0.3 is 10.3 Å². The van der Waals surface area contributed by atoms with Gasteiger partial charge in [-0.05, 0) is 36.4 Å². The normalized spacial score (nSPS) is 11.1. The molecule has 0 saturated carbocycles. The van der Waals surface area contributed by atoms with Crippen molar-refractivity contribution in [2.45, 2.75) is 13.8 Å². The summed E-state index contributed by atoms with van der Waals surface area (Å²) in [5, 5.41) is 3.71. The first-order valence-electron chi connectivity index (χ1n) is 7.22. The molecular weight excluding hydrogens is 279 g/mol. The van der Waals surface area contributed by atoms with Crippen molar-refractivity contribution >= 4 is 22.5 Å². The SMILES string of the molecule is CC(C)C(=O)Nc1cccc(-c2cc3cc(F)ccc3[nH]2)c1. The van der Waals surface area contributed by atoms with Crippen molar-refractivity contribution in [1.29, 1.82) is 0 Å². The van der Waals surface area contributed by atoms with Crippen LogP contribution in [0, 0.1) is 11.7 Å². The highest BCUT2D eigenvalue weighted by molar-refractivity contribution is 5.93. The molecule has 0 spiro atoms. The highest BCUT2D eigenvalue weighted by Crippen LogP contribution is 2.26. The van der Waals surface area contributed by atoms with E-state index in [-0.39, 0.29) is 17.6 Å². The van der Waals surface area contributed by atoms with Crippen molar-refractivity contribution < 1.29 is 9.18 Å². The van der Waals surface area contributed by atoms with Crippen LogP contribution >= 0.6 is 0 Å². The van der Waals surface area contributed by atoms with Crippen molar-refractivity contribution in [3.63, 3.8) is 0 Å². The minimum atomic E-state index is -0.254. The summed E-state index contributed by atoms with van der Waals surface area (Å²) in [4.78, 5) is 15.0. The summed E-state index contributed by atoms with van der Waals surface area (Å²) in [5.74, 6) is -0.341. The number of hydrogen-bond acceptors (Lipinski definition) is 1. The summed E-state index contributed by atoms with van der Waals surface area (Å²) >= 11 is 0. The van der Waals surface area contributed by atoms with E-state index in [1.54, 1.807) is 6.07 Å². The lowest BCUT2D eigenvalue weighted by Gasteiger charge is -2.08. The molecule has 1 amide bonds. The quantitative estimate of drug-likeness (QED) is 0.730. The second kappa shape index (κ2) is 5.64. The number of H-pyrrole nitrogens is 1. The molecular formula is C18H17FN2O. The molecule has 3 aromatic rings. The van der Waals surface area contributed by atoms with Gasteiger partial charge in [-0.25, -0.2) is 4.39 Å². The Morgan fingerprint density at radius 2 is 1.95 bits per heavy atom. The number of aromatic amines is 1. The Balaban J connectivity index is 1.94. The van der Waals surface area contributed by atoms with Crippen LogP contribution in [-0.4, -0.2) is 10.9 Å². The summed E-state index contributed by atoms with van der Waals surface area (Å²) < 4.78 is 13.3. The van der Waals surface area contributed by atoms with Gasteiger partial charge in [-0.3, -0.25) is 4.79 Å². The molecule has 0 aliphatic rings. The maximum absolute atomic E-state index is 13.3. The van der Waals surface area contributed by atoms with Crippen LogP contribution in [0.4, 0.5) is 10.1 Å². The van der Waals surface area contributed by atoms with E-state index in [1.807, 2.05) is 44.2 Å². The van der Waals surface area contributed by atoms with Crippen LogP contribution in [0.15, 0.2) is 48.5 Å². The number of amides is 1. The summed E-state index contributed by atoms with van der Waals surface area (Å²) in [6, 6.07) is 14.2. The van der Waals surface area contributed by atoms with Crippen molar-refractivity contribution in [1.82, 2.24) is 4.98 Å². The number of nitrogens with one attached hydrogen (secondary N) is 2. The van der Waals surface area contributed by atoms with E-state index in [0.717, 1.165) is 27.8 Å². The maximum atomic E-state index is 13.3. The molecule has 112 valence electrons. The molecule has 3 nitrogen and oxygen atoms in total. The molecule has 0 bridgehead atoms. The molecule has 0 radical (unpaired) electrons. The standard InChI is InChI=1S/C18H17FN2O/c1-11(2)18(22)20-15-5-3-4-12(9-15)17-10-13-8-14(19)6-7-16(13)21-17/h3-11,21H,1-2H3,(H,20,22). The minimum Gasteiger partial charge on any atom is -0.355 e. The van der Waals surface area contributed by atoms with Crippen LogP contribution in [0.25, 0.3) is 22.2 Å². The van der Waals surface area contributed by atoms with Gasteiger partial charge in [-0.2, -0.15) is 0 Å². The van der Waals surface area contributed by atoms with Crippen LogP contribution in [0.2, 0.25) is 0 Å². The number of carbonyl (C=O) groups is 1. The van der Waals surface area contributed by atoms with Gasteiger partial charge >= 0.3 is 0 Å². The predicted molar refractivity (Wildman–Crippen MR) is 87.2 cm³/mol. The Morgan fingerprint density at radius 3 is 2.73 bits per heavy atom. The van der Waals surface area contributed by atoms with E-state index in [1.165, 1.54) is 12.1 Å². The Morgan fingerprint density at radius 1 is 1.14 bits per heavy atom. The van der Waals surface area contributed by atoms with Gasteiger partial charge in [0.15, 0.2) is 0 Å². The van der Waals surface area contributed by atoms with Crippen LogP contribution in [-0.2, 0) is 4.79 Å². The molecule has 0 atom stereocenters. The van der Waals surface area contributed by atoms with E-state index in [2.05, 4.69) is 10.3 Å². The highest BCUT2D eigenvalue weighted by atomic mass is 19.1. The number of fused-ring (bicyclic) bond motifs is 1. The van der Waals surface area contributed by atoms with Crippen LogP contribution < -0.4 is 5.32 Å². The predicted octanol–water partition coefficient (Wildman–Crippen LogP) is 4.57. The molecule has 4 heteroatoms. The average molecular weight is 296 g/mol. The largest absolute Gasteiger partial charge is 0.355 e. The lowest BCUT2D eigenvalue weighted by Crippen LogP contribution is -2.17. The van der Waals surface area contributed by atoms with Gasteiger partial charge in [-0.15, -0.1) is 0 Å². The number of halogens is 1. The number of aromatic nitrogens is 1.